The van der Waals surface area contributed by atoms with E-state index in [9.17, 15) is 18.5 Å². The molecule has 0 radical (unpaired) electrons. The van der Waals surface area contributed by atoms with Crippen LogP contribution in [0.4, 0.5) is 0 Å². The van der Waals surface area contributed by atoms with E-state index in [0.29, 0.717) is 32.5 Å². The molecule has 2 aromatic rings. The van der Waals surface area contributed by atoms with Crippen LogP contribution in [0.15, 0.2) is 42.5 Å². The average molecular weight is 440 g/mol. The van der Waals surface area contributed by atoms with Gasteiger partial charge in [0, 0.05) is 19.6 Å². The SMILES string of the molecule is N#C[C@H](Cc1ccc(-c2ccc3c(c2)CS(=O)(=O)C3)cc1)NC(=O)C1(N)CCOCC1. The summed E-state index contributed by atoms with van der Waals surface area (Å²) in [5.41, 5.74) is 9.78. The number of nitrogens with one attached hydrogen (secondary N) is 1. The van der Waals surface area contributed by atoms with E-state index < -0.39 is 21.4 Å². The van der Waals surface area contributed by atoms with Gasteiger partial charge < -0.3 is 15.8 Å². The van der Waals surface area contributed by atoms with Crippen molar-refractivity contribution in [2.45, 2.75) is 42.3 Å². The standard InChI is InChI=1S/C23H25N3O4S/c24-13-21(26-22(27)23(25)7-9-30-10-8-23)11-16-1-3-17(4-2-16)18-5-6-19-14-31(28,29)15-20(19)12-18/h1-6,12,21H,7-11,14-15,25H2,(H,26,27)/t21-/m0/s1. The number of amides is 1. The Morgan fingerprint density at radius 1 is 1.10 bits per heavy atom. The molecule has 1 saturated heterocycles. The van der Waals surface area contributed by atoms with E-state index >= 15 is 0 Å². The van der Waals surface area contributed by atoms with E-state index in [4.69, 9.17) is 10.5 Å². The van der Waals surface area contributed by atoms with Crippen molar-refractivity contribution in [2.24, 2.45) is 5.73 Å². The van der Waals surface area contributed by atoms with E-state index in [1.165, 1.54) is 0 Å². The van der Waals surface area contributed by atoms with Gasteiger partial charge in [-0.25, -0.2) is 8.42 Å². The molecule has 2 aliphatic rings. The third-order valence-electron chi connectivity index (χ3n) is 5.98. The number of benzene rings is 2. The Morgan fingerprint density at radius 2 is 1.74 bits per heavy atom. The summed E-state index contributed by atoms with van der Waals surface area (Å²) in [5, 5.41) is 12.3. The highest BCUT2D eigenvalue weighted by atomic mass is 32.2. The summed E-state index contributed by atoms with van der Waals surface area (Å²) in [6.07, 6.45) is 1.25. The number of hydrogen-bond donors (Lipinski definition) is 2. The van der Waals surface area contributed by atoms with Crippen LogP contribution in [0.5, 0.6) is 0 Å². The highest BCUT2D eigenvalue weighted by Gasteiger charge is 2.36. The summed E-state index contributed by atoms with van der Waals surface area (Å²) in [6.45, 7) is 0.883. The number of nitriles is 1. The predicted octanol–water partition coefficient (Wildman–Crippen LogP) is 1.84. The monoisotopic (exact) mass is 439 g/mol. The Kier molecular flexibility index (Phi) is 5.84. The Balaban J connectivity index is 1.42. The van der Waals surface area contributed by atoms with E-state index in [0.717, 1.165) is 27.8 Å². The normalized spacial score (nSPS) is 19.7. The lowest BCUT2D eigenvalue weighted by Crippen LogP contribution is -2.58. The van der Waals surface area contributed by atoms with Gasteiger partial charge in [0.15, 0.2) is 9.84 Å². The minimum absolute atomic E-state index is 0.0898. The molecule has 2 heterocycles. The highest BCUT2D eigenvalue weighted by molar-refractivity contribution is 7.90. The minimum atomic E-state index is -3.03. The fourth-order valence-corrected chi connectivity index (χ4v) is 5.67. The number of hydrogen-bond acceptors (Lipinski definition) is 6. The number of nitrogens with zero attached hydrogens (tertiary/aromatic N) is 1. The van der Waals surface area contributed by atoms with Gasteiger partial charge in [0.05, 0.1) is 23.1 Å². The van der Waals surface area contributed by atoms with Crippen molar-refractivity contribution in [3.8, 4) is 17.2 Å². The number of carbonyl (C=O) groups is 1. The van der Waals surface area contributed by atoms with Crippen molar-refractivity contribution in [3.63, 3.8) is 0 Å². The molecule has 1 atom stereocenters. The van der Waals surface area contributed by atoms with Gasteiger partial charge in [-0.1, -0.05) is 36.4 Å². The van der Waals surface area contributed by atoms with Crippen molar-refractivity contribution in [1.82, 2.24) is 5.32 Å². The molecule has 8 heteroatoms. The summed E-state index contributed by atoms with van der Waals surface area (Å²) >= 11 is 0. The van der Waals surface area contributed by atoms with Gasteiger partial charge in [-0.15, -0.1) is 0 Å². The Bertz CT molecular complexity index is 1130. The fraction of sp³-hybridized carbons (Fsp3) is 0.391. The van der Waals surface area contributed by atoms with Crippen LogP contribution in [0.3, 0.4) is 0 Å². The molecular weight excluding hydrogens is 414 g/mol. The second kappa shape index (κ2) is 8.42. The fourth-order valence-electron chi connectivity index (χ4n) is 4.07. The van der Waals surface area contributed by atoms with E-state index in [1.807, 2.05) is 42.5 Å². The highest BCUT2D eigenvalue weighted by Crippen LogP contribution is 2.30. The number of fused-ring (bicyclic) bond motifs is 1. The molecule has 0 spiro atoms. The van der Waals surface area contributed by atoms with Crippen LogP contribution >= 0.6 is 0 Å². The molecule has 1 fully saturated rings. The molecule has 0 bridgehead atoms. The van der Waals surface area contributed by atoms with Gasteiger partial charge in [0.1, 0.15) is 6.04 Å². The lowest BCUT2D eigenvalue weighted by Gasteiger charge is -2.32. The predicted molar refractivity (Wildman–Crippen MR) is 116 cm³/mol. The first-order chi connectivity index (χ1) is 14.8. The van der Waals surface area contributed by atoms with E-state index in [1.54, 1.807) is 0 Å². The molecule has 0 aliphatic carbocycles. The maximum Gasteiger partial charge on any atom is 0.241 e. The summed E-state index contributed by atoms with van der Waals surface area (Å²) < 4.78 is 28.9. The molecule has 1 amide bonds. The lowest BCUT2D eigenvalue weighted by molar-refractivity contribution is -0.130. The second-order valence-corrected chi connectivity index (χ2v) is 10.4. The van der Waals surface area contributed by atoms with E-state index in [2.05, 4.69) is 11.4 Å². The van der Waals surface area contributed by atoms with Crippen molar-refractivity contribution in [3.05, 3.63) is 59.2 Å². The molecule has 3 N–H and O–H groups in total. The maximum absolute atomic E-state index is 12.6. The molecule has 0 saturated carbocycles. The Labute approximate surface area is 182 Å². The van der Waals surface area contributed by atoms with Crippen molar-refractivity contribution < 1.29 is 17.9 Å². The third kappa shape index (κ3) is 4.79. The van der Waals surface area contributed by atoms with Crippen molar-refractivity contribution in [1.29, 1.82) is 5.26 Å². The van der Waals surface area contributed by atoms with Gasteiger partial charge in [-0.2, -0.15) is 5.26 Å². The molecule has 4 rings (SSSR count). The van der Waals surface area contributed by atoms with Gasteiger partial charge >= 0.3 is 0 Å². The molecule has 162 valence electrons. The number of carbonyl (C=O) groups excluding carboxylic acids is 1. The van der Waals surface area contributed by atoms with Crippen LogP contribution in [0.25, 0.3) is 11.1 Å². The van der Waals surface area contributed by atoms with Gasteiger partial charge in [-0.3, -0.25) is 4.79 Å². The second-order valence-electron chi connectivity index (χ2n) is 8.34. The zero-order valence-corrected chi connectivity index (χ0v) is 18.0. The molecule has 7 nitrogen and oxygen atoms in total. The Hall–Kier alpha value is -2.73. The first kappa shape index (κ1) is 21.5. The zero-order valence-electron chi connectivity index (χ0n) is 17.1. The molecule has 0 aromatic heterocycles. The van der Waals surface area contributed by atoms with Crippen LogP contribution in [-0.4, -0.2) is 39.1 Å². The van der Waals surface area contributed by atoms with Crippen LogP contribution in [-0.2, 0) is 37.3 Å². The molecule has 2 aliphatic heterocycles. The minimum Gasteiger partial charge on any atom is -0.381 e. The summed E-state index contributed by atoms with van der Waals surface area (Å²) in [4.78, 5) is 12.6. The van der Waals surface area contributed by atoms with Gasteiger partial charge in [0.2, 0.25) is 5.91 Å². The topological polar surface area (TPSA) is 122 Å². The lowest BCUT2D eigenvalue weighted by atomic mass is 9.90. The quantitative estimate of drug-likeness (QED) is 0.733. The summed E-state index contributed by atoms with van der Waals surface area (Å²) in [5.74, 6) is -0.112. The summed E-state index contributed by atoms with van der Waals surface area (Å²) in [6, 6.07) is 14.9. The number of ether oxygens (including phenoxy) is 1. The van der Waals surface area contributed by atoms with Crippen LogP contribution in [0.2, 0.25) is 0 Å². The smallest absolute Gasteiger partial charge is 0.241 e. The summed E-state index contributed by atoms with van der Waals surface area (Å²) in [7, 11) is -3.03. The molecule has 31 heavy (non-hydrogen) atoms. The Morgan fingerprint density at radius 3 is 2.42 bits per heavy atom. The van der Waals surface area contributed by atoms with E-state index in [-0.39, 0.29) is 17.4 Å². The van der Waals surface area contributed by atoms with Crippen LogP contribution in [0, 0.1) is 11.3 Å². The third-order valence-corrected chi connectivity index (χ3v) is 7.48. The van der Waals surface area contributed by atoms with Gasteiger partial charge in [0.25, 0.3) is 0 Å². The number of nitrogens with two attached hydrogens (primary N) is 1. The van der Waals surface area contributed by atoms with Gasteiger partial charge in [-0.05, 0) is 46.7 Å². The molecule has 0 unspecified atom stereocenters. The first-order valence-electron chi connectivity index (χ1n) is 10.3. The maximum atomic E-state index is 12.6. The van der Waals surface area contributed by atoms with Crippen molar-refractivity contribution in [2.75, 3.05) is 13.2 Å². The van der Waals surface area contributed by atoms with Crippen LogP contribution in [0.1, 0.15) is 29.5 Å². The number of rotatable bonds is 5. The average Bonchev–Trinajstić information content (AvgIpc) is 3.07. The van der Waals surface area contributed by atoms with Crippen LogP contribution < -0.4 is 11.1 Å². The van der Waals surface area contributed by atoms with Crippen molar-refractivity contribution >= 4 is 15.7 Å². The molecular formula is C23H25N3O4S. The number of sulfone groups is 1. The zero-order chi connectivity index (χ0) is 22.1. The largest absolute Gasteiger partial charge is 0.381 e. The first-order valence-corrected chi connectivity index (χ1v) is 12.1. The molecule has 2 aromatic carbocycles.